The van der Waals surface area contributed by atoms with E-state index in [1.165, 1.54) is 24.8 Å². The monoisotopic (exact) mass is 275 g/mol. The highest BCUT2D eigenvalue weighted by Gasteiger charge is 2.45. The van der Waals surface area contributed by atoms with Crippen LogP contribution in [0.4, 0.5) is 0 Å². The molecule has 3 heteroatoms. The zero-order chi connectivity index (χ0) is 14.8. The summed E-state index contributed by atoms with van der Waals surface area (Å²) in [5.41, 5.74) is 8.12. The first-order valence-corrected chi connectivity index (χ1v) is 7.70. The summed E-state index contributed by atoms with van der Waals surface area (Å²) in [7, 11) is 2.22. The molecule has 1 aromatic heterocycles. The summed E-state index contributed by atoms with van der Waals surface area (Å²) < 4.78 is 0. The smallest absolute Gasteiger partial charge is 0.0358 e. The van der Waals surface area contributed by atoms with E-state index in [4.69, 9.17) is 5.73 Å². The lowest BCUT2D eigenvalue weighted by molar-refractivity contribution is -0.0117. The van der Waals surface area contributed by atoms with E-state index >= 15 is 0 Å². The van der Waals surface area contributed by atoms with E-state index in [1.807, 2.05) is 12.4 Å². The predicted molar refractivity (Wildman–Crippen MR) is 84.3 cm³/mol. The Kier molecular flexibility index (Phi) is 4.50. The van der Waals surface area contributed by atoms with Gasteiger partial charge in [-0.1, -0.05) is 20.8 Å². The van der Waals surface area contributed by atoms with Crippen LogP contribution < -0.4 is 5.73 Å². The average Bonchev–Trinajstić information content (AvgIpc) is 2.39. The van der Waals surface area contributed by atoms with Gasteiger partial charge in [-0.05, 0) is 55.3 Å². The van der Waals surface area contributed by atoms with Gasteiger partial charge in [-0.25, -0.2) is 0 Å². The third-order valence-electron chi connectivity index (χ3n) is 5.29. The number of nitrogens with zero attached hydrogens (tertiary/aromatic N) is 2. The van der Waals surface area contributed by atoms with Crippen LogP contribution in [0, 0.1) is 11.3 Å². The third kappa shape index (κ3) is 3.04. The van der Waals surface area contributed by atoms with Crippen LogP contribution in [0.25, 0.3) is 0 Å². The van der Waals surface area contributed by atoms with Crippen molar-refractivity contribution in [2.75, 3.05) is 13.6 Å². The number of nitrogens with two attached hydrogens (primary N) is 1. The Morgan fingerprint density at radius 1 is 1.30 bits per heavy atom. The first-order chi connectivity index (χ1) is 9.39. The molecule has 2 atom stereocenters. The molecule has 0 aliphatic heterocycles. The molecule has 2 N–H and O–H groups in total. The molecule has 1 aliphatic carbocycles. The van der Waals surface area contributed by atoms with Crippen molar-refractivity contribution in [3.05, 3.63) is 30.1 Å². The molecule has 112 valence electrons. The maximum atomic E-state index is 6.22. The van der Waals surface area contributed by atoms with Gasteiger partial charge < -0.3 is 5.73 Å². The van der Waals surface area contributed by atoms with Gasteiger partial charge in [0, 0.05) is 31.0 Å². The minimum atomic E-state index is 0.138. The number of rotatable bonds is 4. The summed E-state index contributed by atoms with van der Waals surface area (Å²) in [5.74, 6) is 0.628. The molecule has 0 saturated heterocycles. The fourth-order valence-electron chi connectivity index (χ4n) is 3.87. The fourth-order valence-corrected chi connectivity index (χ4v) is 3.87. The molecule has 0 radical (unpaired) electrons. The summed E-state index contributed by atoms with van der Waals surface area (Å²) in [6.45, 7) is 8.83. The zero-order valence-corrected chi connectivity index (χ0v) is 13.4. The highest BCUT2D eigenvalue weighted by atomic mass is 15.2. The van der Waals surface area contributed by atoms with Gasteiger partial charge in [0.15, 0.2) is 0 Å². The molecule has 1 aromatic rings. The van der Waals surface area contributed by atoms with Gasteiger partial charge in [-0.15, -0.1) is 0 Å². The Bertz CT molecular complexity index is 429. The molecule has 0 amide bonds. The Labute approximate surface area is 123 Å². The van der Waals surface area contributed by atoms with E-state index in [9.17, 15) is 0 Å². The van der Waals surface area contributed by atoms with E-state index in [-0.39, 0.29) is 5.54 Å². The molecule has 2 unspecified atom stereocenters. The van der Waals surface area contributed by atoms with Crippen molar-refractivity contribution in [1.29, 1.82) is 0 Å². The number of likely N-dealkylation sites (N-methyl/N-ethyl adjacent to an activating group) is 1. The van der Waals surface area contributed by atoms with Crippen molar-refractivity contribution in [3.8, 4) is 0 Å². The number of hydrogen-bond donors (Lipinski definition) is 1. The highest BCUT2D eigenvalue weighted by Crippen LogP contribution is 2.46. The van der Waals surface area contributed by atoms with Crippen LogP contribution in [-0.4, -0.2) is 29.0 Å². The standard InChI is InChI=1S/C17H29N3/c1-14-11-16(2,3)7-8-17(14,13-18)20(4)12-15-5-9-19-10-6-15/h5-6,9-10,14H,7-8,11-13,18H2,1-4H3. The molecule has 1 aliphatic rings. The summed E-state index contributed by atoms with van der Waals surface area (Å²) >= 11 is 0. The van der Waals surface area contributed by atoms with Gasteiger partial charge in [0.25, 0.3) is 0 Å². The number of aromatic nitrogens is 1. The van der Waals surface area contributed by atoms with Crippen molar-refractivity contribution in [2.45, 2.75) is 52.1 Å². The summed E-state index contributed by atoms with van der Waals surface area (Å²) in [6.07, 6.45) is 7.44. The van der Waals surface area contributed by atoms with Crippen LogP contribution in [-0.2, 0) is 6.54 Å². The van der Waals surface area contributed by atoms with E-state index in [0.29, 0.717) is 11.3 Å². The maximum absolute atomic E-state index is 6.22. The normalized spacial score (nSPS) is 29.6. The molecule has 0 spiro atoms. The fraction of sp³-hybridized carbons (Fsp3) is 0.706. The first-order valence-electron chi connectivity index (χ1n) is 7.70. The molecule has 3 nitrogen and oxygen atoms in total. The largest absolute Gasteiger partial charge is 0.329 e. The quantitative estimate of drug-likeness (QED) is 0.918. The van der Waals surface area contributed by atoms with E-state index in [1.54, 1.807) is 0 Å². The minimum Gasteiger partial charge on any atom is -0.329 e. The molecule has 0 aromatic carbocycles. The van der Waals surface area contributed by atoms with Crippen LogP contribution in [0.5, 0.6) is 0 Å². The van der Waals surface area contributed by atoms with Crippen LogP contribution in [0.15, 0.2) is 24.5 Å². The summed E-state index contributed by atoms with van der Waals surface area (Å²) in [4.78, 5) is 6.57. The molecular formula is C17H29N3. The third-order valence-corrected chi connectivity index (χ3v) is 5.29. The summed E-state index contributed by atoms with van der Waals surface area (Å²) in [5, 5.41) is 0. The number of hydrogen-bond acceptors (Lipinski definition) is 3. The van der Waals surface area contributed by atoms with E-state index in [0.717, 1.165) is 13.1 Å². The molecular weight excluding hydrogens is 246 g/mol. The lowest BCUT2D eigenvalue weighted by Gasteiger charge is -2.52. The minimum absolute atomic E-state index is 0.138. The Morgan fingerprint density at radius 2 is 1.95 bits per heavy atom. The van der Waals surface area contributed by atoms with E-state index < -0.39 is 0 Å². The Balaban J connectivity index is 2.14. The van der Waals surface area contributed by atoms with Gasteiger partial charge in [-0.3, -0.25) is 9.88 Å². The molecule has 20 heavy (non-hydrogen) atoms. The second-order valence-corrected chi connectivity index (χ2v) is 7.29. The van der Waals surface area contributed by atoms with E-state index in [2.05, 4.69) is 49.8 Å². The van der Waals surface area contributed by atoms with Gasteiger partial charge >= 0.3 is 0 Å². The molecule has 1 fully saturated rings. The lowest BCUT2D eigenvalue weighted by Crippen LogP contribution is -2.59. The van der Waals surface area contributed by atoms with Crippen molar-refractivity contribution in [2.24, 2.45) is 17.1 Å². The molecule has 2 rings (SSSR count). The average molecular weight is 275 g/mol. The number of pyridine rings is 1. The van der Waals surface area contributed by atoms with Crippen molar-refractivity contribution in [1.82, 2.24) is 9.88 Å². The van der Waals surface area contributed by atoms with Gasteiger partial charge in [-0.2, -0.15) is 0 Å². The second kappa shape index (κ2) is 5.82. The van der Waals surface area contributed by atoms with Crippen LogP contribution >= 0.6 is 0 Å². The predicted octanol–water partition coefficient (Wildman–Crippen LogP) is 3.06. The van der Waals surface area contributed by atoms with Gasteiger partial charge in [0.05, 0.1) is 0 Å². The Morgan fingerprint density at radius 3 is 2.50 bits per heavy atom. The SMILES string of the molecule is CC1CC(C)(C)CCC1(CN)N(C)Cc1ccncc1. The van der Waals surface area contributed by atoms with Crippen LogP contribution in [0.3, 0.4) is 0 Å². The molecule has 1 heterocycles. The van der Waals surface area contributed by atoms with Crippen molar-refractivity contribution < 1.29 is 0 Å². The zero-order valence-electron chi connectivity index (χ0n) is 13.4. The van der Waals surface area contributed by atoms with Gasteiger partial charge in [0.1, 0.15) is 0 Å². The van der Waals surface area contributed by atoms with Gasteiger partial charge in [0.2, 0.25) is 0 Å². The molecule has 0 bridgehead atoms. The highest BCUT2D eigenvalue weighted by molar-refractivity contribution is 5.11. The summed E-state index contributed by atoms with van der Waals surface area (Å²) in [6, 6.07) is 4.19. The van der Waals surface area contributed by atoms with Crippen LogP contribution in [0.2, 0.25) is 0 Å². The Hall–Kier alpha value is -0.930. The van der Waals surface area contributed by atoms with Crippen LogP contribution in [0.1, 0.15) is 45.6 Å². The maximum Gasteiger partial charge on any atom is 0.0358 e. The lowest BCUT2D eigenvalue weighted by atomic mass is 9.63. The van der Waals surface area contributed by atoms with Crippen molar-refractivity contribution >= 4 is 0 Å². The topological polar surface area (TPSA) is 42.1 Å². The van der Waals surface area contributed by atoms with Crippen molar-refractivity contribution in [3.63, 3.8) is 0 Å². The molecule has 1 saturated carbocycles. The second-order valence-electron chi connectivity index (χ2n) is 7.29. The first kappa shape index (κ1) is 15.5.